The van der Waals surface area contributed by atoms with Crippen LogP contribution in [0.4, 0.5) is 0 Å². The molecule has 1 N–H and O–H groups in total. The molecule has 2 aromatic carbocycles. The monoisotopic (exact) mass is 346 g/mol. The molecule has 0 saturated heterocycles. The zero-order valence-electron chi connectivity index (χ0n) is 13.1. The number of hydrogen-bond donors (Lipinski definition) is 1. The van der Waals surface area contributed by atoms with E-state index in [4.69, 9.17) is 21.1 Å². The first-order valence-electron chi connectivity index (χ1n) is 6.95. The van der Waals surface area contributed by atoms with Gasteiger partial charge in [0, 0.05) is 17.5 Å². The fraction of sp³-hybridized carbons (Fsp3) is 0.118. The summed E-state index contributed by atoms with van der Waals surface area (Å²) in [6, 6.07) is 11.4. The molecule has 0 heterocycles. The number of rotatable bonds is 5. The van der Waals surface area contributed by atoms with Crippen molar-refractivity contribution in [2.24, 2.45) is 5.10 Å². The van der Waals surface area contributed by atoms with Gasteiger partial charge in [-0.15, -0.1) is 0 Å². The Morgan fingerprint density at radius 1 is 1.17 bits per heavy atom. The number of hydrazone groups is 1. The Bertz CT molecular complexity index is 790. The number of benzene rings is 2. The molecule has 0 aliphatic carbocycles. The van der Waals surface area contributed by atoms with Gasteiger partial charge in [0.25, 0.3) is 5.91 Å². The number of esters is 1. The fourth-order valence-corrected chi connectivity index (χ4v) is 2.05. The van der Waals surface area contributed by atoms with Crippen molar-refractivity contribution in [2.45, 2.75) is 6.92 Å². The second kappa shape index (κ2) is 8.12. The van der Waals surface area contributed by atoms with Crippen molar-refractivity contribution in [1.82, 2.24) is 5.43 Å². The molecule has 0 fully saturated rings. The Hall–Kier alpha value is -2.86. The van der Waals surface area contributed by atoms with Gasteiger partial charge in [-0.1, -0.05) is 17.7 Å². The predicted molar refractivity (Wildman–Crippen MR) is 90.8 cm³/mol. The third-order valence-electron chi connectivity index (χ3n) is 2.91. The van der Waals surface area contributed by atoms with E-state index in [1.165, 1.54) is 20.2 Å². The zero-order chi connectivity index (χ0) is 17.5. The summed E-state index contributed by atoms with van der Waals surface area (Å²) >= 11 is 5.83. The summed E-state index contributed by atoms with van der Waals surface area (Å²) in [5, 5.41) is 4.35. The highest BCUT2D eigenvalue weighted by molar-refractivity contribution is 6.30. The van der Waals surface area contributed by atoms with E-state index in [9.17, 15) is 9.59 Å². The average molecular weight is 347 g/mol. The number of carbonyl (C=O) groups is 2. The number of amides is 1. The molecule has 24 heavy (non-hydrogen) atoms. The summed E-state index contributed by atoms with van der Waals surface area (Å²) in [5.74, 6) is -0.124. The minimum atomic E-state index is -0.441. The van der Waals surface area contributed by atoms with Crippen molar-refractivity contribution >= 4 is 29.7 Å². The third-order valence-corrected chi connectivity index (χ3v) is 3.14. The van der Waals surface area contributed by atoms with Crippen molar-refractivity contribution in [1.29, 1.82) is 0 Å². The predicted octanol–water partition coefficient (Wildman–Crippen LogP) is 3.04. The van der Waals surface area contributed by atoms with Crippen LogP contribution in [0, 0.1) is 0 Å². The molecule has 124 valence electrons. The Balaban J connectivity index is 2.06. The molecule has 2 rings (SSSR count). The van der Waals surface area contributed by atoms with E-state index < -0.39 is 5.97 Å². The normalized spacial score (nSPS) is 10.5. The Morgan fingerprint density at radius 3 is 2.62 bits per heavy atom. The second-order valence-electron chi connectivity index (χ2n) is 4.71. The lowest BCUT2D eigenvalue weighted by atomic mass is 10.2. The molecule has 0 aliphatic rings. The molecular weight excluding hydrogens is 332 g/mol. The van der Waals surface area contributed by atoms with Crippen LogP contribution in [0.2, 0.25) is 5.02 Å². The van der Waals surface area contributed by atoms with E-state index in [0.717, 1.165) is 0 Å². The standard InChI is InChI=1S/C17H15ClN2O4/c1-11(21)24-15-7-6-12(8-16(15)23-2)10-19-20-17(22)13-4-3-5-14(18)9-13/h3-10H,1-2H3,(H,20,22). The molecule has 1 amide bonds. The van der Waals surface area contributed by atoms with Crippen LogP contribution in [0.25, 0.3) is 0 Å². The molecule has 0 spiro atoms. The molecule has 0 unspecified atom stereocenters. The van der Waals surface area contributed by atoms with Gasteiger partial charge >= 0.3 is 5.97 Å². The summed E-state index contributed by atoms with van der Waals surface area (Å²) in [5.41, 5.74) is 3.47. The molecule has 0 atom stereocenters. The molecule has 2 aromatic rings. The lowest BCUT2D eigenvalue weighted by Crippen LogP contribution is -2.17. The van der Waals surface area contributed by atoms with E-state index in [-0.39, 0.29) is 5.91 Å². The quantitative estimate of drug-likeness (QED) is 0.391. The van der Waals surface area contributed by atoms with Gasteiger partial charge in [-0.2, -0.15) is 5.10 Å². The van der Waals surface area contributed by atoms with Gasteiger partial charge in [0.15, 0.2) is 11.5 Å². The summed E-state index contributed by atoms with van der Waals surface area (Å²) in [6.45, 7) is 1.31. The van der Waals surface area contributed by atoms with Gasteiger partial charge < -0.3 is 9.47 Å². The maximum atomic E-state index is 11.9. The molecule has 0 bridgehead atoms. The van der Waals surface area contributed by atoms with Crippen LogP contribution in [0.1, 0.15) is 22.8 Å². The number of halogens is 1. The van der Waals surface area contributed by atoms with Gasteiger partial charge in [-0.05, 0) is 42.0 Å². The SMILES string of the molecule is COc1cc(C=NNC(=O)c2cccc(Cl)c2)ccc1OC(C)=O. The first-order valence-corrected chi connectivity index (χ1v) is 7.33. The van der Waals surface area contributed by atoms with E-state index in [1.54, 1.807) is 42.5 Å². The topological polar surface area (TPSA) is 77.0 Å². The Labute approximate surface area is 144 Å². The lowest BCUT2D eigenvalue weighted by Gasteiger charge is -2.08. The van der Waals surface area contributed by atoms with Crippen molar-refractivity contribution in [2.75, 3.05) is 7.11 Å². The van der Waals surface area contributed by atoms with Crippen molar-refractivity contribution in [3.8, 4) is 11.5 Å². The van der Waals surface area contributed by atoms with Crippen molar-refractivity contribution in [3.05, 3.63) is 58.6 Å². The highest BCUT2D eigenvalue weighted by Gasteiger charge is 2.08. The molecule has 7 heteroatoms. The summed E-state index contributed by atoms with van der Waals surface area (Å²) in [7, 11) is 1.46. The Kier molecular flexibility index (Phi) is 5.92. The van der Waals surface area contributed by atoms with Crippen molar-refractivity contribution < 1.29 is 19.1 Å². The third kappa shape index (κ3) is 4.82. The maximum absolute atomic E-state index is 11.9. The van der Waals surface area contributed by atoms with Gasteiger partial charge in [0.2, 0.25) is 0 Å². The second-order valence-corrected chi connectivity index (χ2v) is 5.15. The van der Waals surface area contributed by atoms with Crippen LogP contribution in [0.15, 0.2) is 47.6 Å². The largest absolute Gasteiger partial charge is 0.493 e. The fourth-order valence-electron chi connectivity index (χ4n) is 1.86. The van der Waals surface area contributed by atoms with Crippen LogP contribution in [0.5, 0.6) is 11.5 Å². The van der Waals surface area contributed by atoms with E-state index in [2.05, 4.69) is 10.5 Å². The van der Waals surface area contributed by atoms with Crippen LogP contribution < -0.4 is 14.9 Å². The number of nitrogens with zero attached hydrogens (tertiary/aromatic N) is 1. The number of hydrogen-bond acceptors (Lipinski definition) is 5. The first kappa shape index (κ1) is 17.5. The molecule has 6 nitrogen and oxygen atoms in total. The summed E-state index contributed by atoms with van der Waals surface area (Å²) < 4.78 is 10.2. The molecular formula is C17H15ClN2O4. The maximum Gasteiger partial charge on any atom is 0.308 e. The molecule has 0 aliphatic heterocycles. The minimum absolute atomic E-state index is 0.310. The van der Waals surface area contributed by atoms with E-state index in [1.807, 2.05) is 0 Å². The summed E-state index contributed by atoms with van der Waals surface area (Å²) in [4.78, 5) is 22.9. The average Bonchev–Trinajstić information content (AvgIpc) is 2.55. The molecule has 0 aromatic heterocycles. The van der Waals surface area contributed by atoms with Crippen LogP contribution in [-0.2, 0) is 4.79 Å². The van der Waals surface area contributed by atoms with Crippen LogP contribution >= 0.6 is 11.6 Å². The number of carbonyl (C=O) groups excluding carboxylic acids is 2. The van der Waals surface area contributed by atoms with Gasteiger partial charge in [-0.3, -0.25) is 9.59 Å². The number of ether oxygens (including phenoxy) is 2. The van der Waals surface area contributed by atoms with E-state index in [0.29, 0.717) is 27.6 Å². The molecule has 0 saturated carbocycles. The Morgan fingerprint density at radius 2 is 1.96 bits per heavy atom. The van der Waals surface area contributed by atoms with Crippen LogP contribution in [-0.4, -0.2) is 25.2 Å². The molecule has 0 radical (unpaired) electrons. The first-order chi connectivity index (χ1) is 11.5. The van der Waals surface area contributed by atoms with Crippen LogP contribution in [0.3, 0.4) is 0 Å². The van der Waals surface area contributed by atoms with Gasteiger partial charge in [0.05, 0.1) is 13.3 Å². The van der Waals surface area contributed by atoms with Gasteiger partial charge in [0.1, 0.15) is 0 Å². The van der Waals surface area contributed by atoms with Gasteiger partial charge in [-0.25, -0.2) is 5.43 Å². The van der Waals surface area contributed by atoms with Crippen molar-refractivity contribution in [3.63, 3.8) is 0 Å². The highest BCUT2D eigenvalue weighted by Crippen LogP contribution is 2.27. The smallest absolute Gasteiger partial charge is 0.308 e. The number of nitrogens with one attached hydrogen (secondary N) is 1. The summed E-state index contributed by atoms with van der Waals surface area (Å²) in [6.07, 6.45) is 1.45. The number of methoxy groups -OCH3 is 1. The minimum Gasteiger partial charge on any atom is -0.493 e. The highest BCUT2D eigenvalue weighted by atomic mass is 35.5. The lowest BCUT2D eigenvalue weighted by molar-refractivity contribution is -0.132. The zero-order valence-corrected chi connectivity index (χ0v) is 13.8. The van der Waals surface area contributed by atoms with E-state index >= 15 is 0 Å².